The lowest BCUT2D eigenvalue weighted by atomic mass is 10.1. The average molecular weight is 359 g/mol. The summed E-state index contributed by atoms with van der Waals surface area (Å²) in [6.07, 6.45) is 2.94. The largest absolute Gasteiger partial charge is 0.504 e. The number of nitrogens with one attached hydrogen (secondary N) is 1. The van der Waals surface area contributed by atoms with Gasteiger partial charge in [0.05, 0.1) is 7.11 Å². The fraction of sp³-hybridized carbons (Fsp3) is 0.211. The summed E-state index contributed by atoms with van der Waals surface area (Å²) in [5, 5.41) is 12.6. The topological polar surface area (TPSA) is 67.8 Å². The molecular formula is C19H21NO4S. The number of thioether (sulfide) groups is 1. The second kappa shape index (κ2) is 9.03. The Balaban J connectivity index is 2.08. The minimum absolute atomic E-state index is 0.00859. The van der Waals surface area contributed by atoms with Crippen LogP contribution in [0.15, 0.2) is 60.0 Å². The first kappa shape index (κ1) is 18.7. The van der Waals surface area contributed by atoms with Crippen LogP contribution in [0.25, 0.3) is 0 Å². The van der Waals surface area contributed by atoms with E-state index in [0.717, 1.165) is 4.90 Å². The number of rotatable bonds is 7. The molecule has 2 N–H and O–H groups in total. The van der Waals surface area contributed by atoms with E-state index in [0.29, 0.717) is 23.4 Å². The Morgan fingerprint density at radius 1 is 1.32 bits per heavy atom. The lowest BCUT2D eigenvalue weighted by molar-refractivity contribution is 0.112. The van der Waals surface area contributed by atoms with Gasteiger partial charge in [0.2, 0.25) is 0 Å². The van der Waals surface area contributed by atoms with Crippen molar-refractivity contribution in [2.24, 2.45) is 0 Å². The third kappa shape index (κ3) is 5.19. The van der Waals surface area contributed by atoms with Gasteiger partial charge < -0.3 is 14.6 Å². The number of carbonyl (C=O) groups excluding carboxylic acids is 1. The van der Waals surface area contributed by atoms with Crippen molar-refractivity contribution in [3.8, 4) is 11.5 Å². The third-order valence-electron chi connectivity index (χ3n) is 3.54. The summed E-state index contributed by atoms with van der Waals surface area (Å²) in [7, 11) is 1.47. The number of hydrogen-bond acceptors (Lipinski definition) is 5. The summed E-state index contributed by atoms with van der Waals surface area (Å²) in [5.41, 5.74) is 1.31. The van der Waals surface area contributed by atoms with Gasteiger partial charge in [-0.15, -0.1) is 18.3 Å². The Kier molecular flexibility index (Phi) is 6.77. The number of ether oxygens (including phenoxy) is 2. The highest BCUT2D eigenvalue weighted by Gasteiger charge is 2.17. The van der Waals surface area contributed by atoms with Gasteiger partial charge in [0.25, 0.3) is 0 Å². The van der Waals surface area contributed by atoms with Crippen molar-refractivity contribution in [1.29, 1.82) is 0 Å². The van der Waals surface area contributed by atoms with Gasteiger partial charge in [-0.2, -0.15) is 0 Å². The standard InChI is InChI=1S/C19H21NO4S/c1-4-5-17(13-6-11-18(23-2)16(21)12-13)24-19(22)20-14-7-9-15(25-3)10-8-14/h4,6-12,17,21H,1,5H2,2-3H3,(H,20,22)/t17-/m0/s1. The van der Waals surface area contributed by atoms with Crippen molar-refractivity contribution in [3.05, 3.63) is 60.7 Å². The summed E-state index contributed by atoms with van der Waals surface area (Å²) >= 11 is 1.63. The maximum absolute atomic E-state index is 12.2. The van der Waals surface area contributed by atoms with E-state index in [1.54, 1.807) is 30.0 Å². The van der Waals surface area contributed by atoms with Gasteiger partial charge in [-0.3, -0.25) is 5.32 Å². The lowest BCUT2D eigenvalue weighted by Crippen LogP contribution is -2.17. The number of phenols is 1. The van der Waals surface area contributed by atoms with Crippen LogP contribution < -0.4 is 10.1 Å². The molecule has 1 atom stereocenters. The molecule has 1 amide bonds. The highest BCUT2D eigenvalue weighted by atomic mass is 32.2. The van der Waals surface area contributed by atoms with E-state index < -0.39 is 12.2 Å². The van der Waals surface area contributed by atoms with Crippen molar-refractivity contribution in [3.63, 3.8) is 0 Å². The van der Waals surface area contributed by atoms with Crippen molar-refractivity contribution < 1.29 is 19.4 Å². The van der Waals surface area contributed by atoms with E-state index in [1.807, 2.05) is 30.5 Å². The average Bonchev–Trinajstić information content (AvgIpc) is 2.62. The van der Waals surface area contributed by atoms with Crippen molar-refractivity contribution in [1.82, 2.24) is 0 Å². The lowest BCUT2D eigenvalue weighted by Gasteiger charge is -2.18. The summed E-state index contributed by atoms with van der Waals surface area (Å²) < 4.78 is 10.5. The van der Waals surface area contributed by atoms with Gasteiger partial charge in [0.1, 0.15) is 6.10 Å². The van der Waals surface area contributed by atoms with Gasteiger partial charge in [0.15, 0.2) is 11.5 Å². The van der Waals surface area contributed by atoms with E-state index in [1.165, 1.54) is 13.2 Å². The highest BCUT2D eigenvalue weighted by molar-refractivity contribution is 7.98. The number of amides is 1. The molecule has 0 radical (unpaired) electrons. The Morgan fingerprint density at radius 2 is 2.04 bits per heavy atom. The predicted octanol–water partition coefficient (Wildman–Crippen LogP) is 4.99. The Bertz CT molecular complexity index is 731. The molecule has 0 aliphatic carbocycles. The molecule has 25 heavy (non-hydrogen) atoms. The number of hydrogen-bond donors (Lipinski definition) is 2. The predicted molar refractivity (Wildman–Crippen MR) is 101 cm³/mol. The van der Waals surface area contributed by atoms with Gasteiger partial charge in [0, 0.05) is 17.0 Å². The zero-order chi connectivity index (χ0) is 18.2. The molecule has 2 aromatic rings. The Labute approximate surface area is 151 Å². The molecule has 0 aliphatic heterocycles. The molecule has 0 fully saturated rings. The first-order chi connectivity index (χ1) is 12.1. The highest BCUT2D eigenvalue weighted by Crippen LogP contribution is 2.31. The molecule has 2 aromatic carbocycles. The van der Waals surface area contributed by atoms with Crippen LogP contribution in [0.3, 0.4) is 0 Å². The smallest absolute Gasteiger partial charge is 0.412 e. The van der Waals surface area contributed by atoms with Gasteiger partial charge in [-0.1, -0.05) is 12.1 Å². The van der Waals surface area contributed by atoms with Gasteiger partial charge in [-0.25, -0.2) is 4.79 Å². The molecule has 0 saturated carbocycles. The zero-order valence-corrected chi connectivity index (χ0v) is 15.0. The van der Waals surface area contributed by atoms with E-state index in [2.05, 4.69) is 11.9 Å². The first-order valence-electron chi connectivity index (χ1n) is 7.67. The fourth-order valence-corrected chi connectivity index (χ4v) is 2.67. The van der Waals surface area contributed by atoms with E-state index in [-0.39, 0.29) is 5.75 Å². The quantitative estimate of drug-likeness (QED) is 0.538. The number of carbonyl (C=O) groups is 1. The van der Waals surface area contributed by atoms with Crippen LogP contribution >= 0.6 is 11.8 Å². The summed E-state index contributed by atoms with van der Waals surface area (Å²) in [4.78, 5) is 13.3. The van der Waals surface area contributed by atoms with Crippen molar-refractivity contribution >= 4 is 23.5 Å². The van der Waals surface area contributed by atoms with Crippen LogP contribution in [-0.4, -0.2) is 24.6 Å². The van der Waals surface area contributed by atoms with Gasteiger partial charge in [-0.05, 0) is 48.2 Å². The second-order valence-corrected chi connectivity index (χ2v) is 6.08. The normalized spacial score (nSPS) is 11.4. The molecule has 0 bridgehead atoms. The number of aromatic hydroxyl groups is 1. The molecule has 132 valence electrons. The summed E-state index contributed by atoms with van der Waals surface area (Å²) in [6, 6.07) is 12.4. The molecule has 0 unspecified atom stereocenters. The molecule has 0 saturated heterocycles. The van der Waals surface area contributed by atoms with Gasteiger partial charge >= 0.3 is 6.09 Å². The third-order valence-corrected chi connectivity index (χ3v) is 4.28. The number of methoxy groups -OCH3 is 1. The number of anilines is 1. The molecule has 6 heteroatoms. The maximum Gasteiger partial charge on any atom is 0.412 e. The van der Waals surface area contributed by atoms with E-state index >= 15 is 0 Å². The van der Waals surface area contributed by atoms with Crippen LogP contribution in [0.5, 0.6) is 11.5 Å². The Morgan fingerprint density at radius 3 is 2.60 bits per heavy atom. The minimum atomic E-state index is -0.570. The van der Waals surface area contributed by atoms with E-state index in [9.17, 15) is 9.90 Å². The SMILES string of the molecule is C=CC[C@H](OC(=O)Nc1ccc(SC)cc1)c1ccc(OC)c(O)c1. The Hall–Kier alpha value is -2.60. The summed E-state index contributed by atoms with van der Waals surface area (Å²) in [6.45, 7) is 3.69. The maximum atomic E-state index is 12.2. The van der Waals surface area contributed by atoms with Crippen molar-refractivity contribution in [2.75, 3.05) is 18.7 Å². The molecular weight excluding hydrogens is 338 g/mol. The molecule has 0 spiro atoms. The van der Waals surface area contributed by atoms with Crippen LogP contribution in [0.1, 0.15) is 18.1 Å². The number of phenolic OH excluding ortho intramolecular Hbond substituents is 1. The van der Waals surface area contributed by atoms with Crippen LogP contribution in [0, 0.1) is 0 Å². The zero-order valence-electron chi connectivity index (χ0n) is 14.2. The summed E-state index contributed by atoms with van der Waals surface area (Å²) in [5.74, 6) is 0.352. The molecule has 2 rings (SSSR count). The molecule has 5 nitrogen and oxygen atoms in total. The first-order valence-corrected chi connectivity index (χ1v) is 8.89. The minimum Gasteiger partial charge on any atom is -0.504 e. The second-order valence-electron chi connectivity index (χ2n) is 5.20. The molecule has 0 aromatic heterocycles. The van der Waals surface area contributed by atoms with Crippen LogP contribution in [0.4, 0.5) is 10.5 Å². The van der Waals surface area contributed by atoms with Crippen LogP contribution in [0.2, 0.25) is 0 Å². The number of benzene rings is 2. The molecule has 0 heterocycles. The molecule has 0 aliphatic rings. The van der Waals surface area contributed by atoms with Crippen LogP contribution in [-0.2, 0) is 4.74 Å². The van der Waals surface area contributed by atoms with Crippen molar-refractivity contribution in [2.45, 2.75) is 17.4 Å². The fourth-order valence-electron chi connectivity index (χ4n) is 2.26. The monoisotopic (exact) mass is 359 g/mol. The van der Waals surface area contributed by atoms with E-state index in [4.69, 9.17) is 9.47 Å².